The molecule has 5 heterocycles. The van der Waals surface area contributed by atoms with Crippen LogP contribution in [0, 0.1) is 6.92 Å². The van der Waals surface area contributed by atoms with Crippen LogP contribution in [0.5, 0.6) is 0 Å². The van der Waals surface area contributed by atoms with Gasteiger partial charge in [-0.1, -0.05) is 41.4 Å². The van der Waals surface area contributed by atoms with Gasteiger partial charge in [-0.05, 0) is 30.7 Å². The lowest BCUT2D eigenvalue weighted by atomic mass is 10.1. The number of rotatable bonds is 6. The molecule has 0 saturated carbocycles. The first-order valence-electron chi connectivity index (χ1n) is 13.5. The number of amides is 1. The molecule has 9 nitrogen and oxygen atoms in total. The van der Waals surface area contributed by atoms with E-state index in [1.807, 2.05) is 34.6 Å². The van der Waals surface area contributed by atoms with Gasteiger partial charge in [0.15, 0.2) is 0 Å². The average molecular weight is 581 g/mol. The van der Waals surface area contributed by atoms with Crippen molar-refractivity contribution in [2.45, 2.75) is 6.92 Å². The van der Waals surface area contributed by atoms with Crippen LogP contribution in [0.4, 0.5) is 17.2 Å². The van der Waals surface area contributed by atoms with E-state index < -0.39 is 0 Å². The standard InChI is InChI=1S/C29H31Cl2N7O2/c1-20-2-7-25-34-27(21-3-5-22(6-4-21)35-12-14-40-15-13-35)29(38(25)19-20)33-18-26(39)36-8-10-37(11-9-36)28-23(30)16-32-17-24(28)31/h2-7,16-17,19,33H,8-15,18H2,1H3. The maximum Gasteiger partial charge on any atom is 0.242 e. The Labute approximate surface area is 243 Å². The van der Waals surface area contributed by atoms with Crippen LogP contribution in [-0.2, 0) is 9.53 Å². The number of nitrogens with one attached hydrogen (secondary N) is 1. The van der Waals surface area contributed by atoms with Crippen molar-refractivity contribution in [3.63, 3.8) is 0 Å². The summed E-state index contributed by atoms with van der Waals surface area (Å²) in [7, 11) is 0. The molecule has 11 heteroatoms. The van der Waals surface area contributed by atoms with Crippen LogP contribution >= 0.6 is 23.2 Å². The number of nitrogens with zero attached hydrogens (tertiary/aromatic N) is 6. The number of carbonyl (C=O) groups is 1. The molecule has 1 amide bonds. The number of carbonyl (C=O) groups excluding carboxylic acids is 1. The van der Waals surface area contributed by atoms with Crippen LogP contribution in [0.25, 0.3) is 16.9 Å². The van der Waals surface area contributed by atoms with Crippen molar-refractivity contribution in [1.82, 2.24) is 19.3 Å². The van der Waals surface area contributed by atoms with Gasteiger partial charge in [0.2, 0.25) is 5.91 Å². The summed E-state index contributed by atoms with van der Waals surface area (Å²) in [6.07, 6.45) is 5.23. The number of aromatic nitrogens is 3. The fraction of sp³-hybridized carbons (Fsp3) is 0.345. The van der Waals surface area contributed by atoms with Crippen molar-refractivity contribution in [2.75, 3.05) is 74.1 Å². The molecule has 0 spiro atoms. The molecule has 1 N–H and O–H groups in total. The zero-order valence-electron chi connectivity index (χ0n) is 22.3. The molecule has 40 heavy (non-hydrogen) atoms. The predicted octanol–water partition coefficient (Wildman–Crippen LogP) is 4.61. The second kappa shape index (κ2) is 11.5. The third kappa shape index (κ3) is 5.41. The second-order valence-corrected chi connectivity index (χ2v) is 10.9. The number of morpholine rings is 1. The average Bonchev–Trinajstić information content (AvgIpc) is 3.34. The highest BCUT2D eigenvalue weighted by atomic mass is 35.5. The molecular weight excluding hydrogens is 549 g/mol. The Balaban J connectivity index is 1.17. The van der Waals surface area contributed by atoms with Gasteiger partial charge in [-0.3, -0.25) is 14.2 Å². The molecule has 2 aliphatic heterocycles. The molecule has 0 aliphatic carbocycles. The number of halogens is 2. The van der Waals surface area contributed by atoms with Gasteiger partial charge in [-0.2, -0.15) is 0 Å². The highest BCUT2D eigenvalue weighted by Gasteiger charge is 2.25. The van der Waals surface area contributed by atoms with Gasteiger partial charge in [-0.15, -0.1) is 0 Å². The van der Waals surface area contributed by atoms with Crippen molar-refractivity contribution in [3.8, 4) is 11.3 Å². The van der Waals surface area contributed by atoms with E-state index in [0.717, 1.165) is 60.3 Å². The zero-order chi connectivity index (χ0) is 27.6. The molecule has 1 aromatic carbocycles. The predicted molar refractivity (Wildman–Crippen MR) is 160 cm³/mol. The lowest BCUT2D eigenvalue weighted by Gasteiger charge is -2.36. The fourth-order valence-electron chi connectivity index (χ4n) is 5.33. The summed E-state index contributed by atoms with van der Waals surface area (Å²) in [6, 6.07) is 12.5. The van der Waals surface area contributed by atoms with Crippen molar-refractivity contribution < 1.29 is 9.53 Å². The number of hydrogen-bond acceptors (Lipinski definition) is 7. The first-order valence-corrected chi connectivity index (χ1v) is 14.2. The van der Waals surface area contributed by atoms with E-state index in [0.29, 0.717) is 36.2 Å². The van der Waals surface area contributed by atoms with Gasteiger partial charge in [0.25, 0.3) is 0 Å². The minimum absolute atomic E-state index is 0.0304. The van der Waals surface area contributed by atoms with Crippen LogP contribution in [-0.4, -0.2) is 84.2 Å². The van der Waals surface area contributed by atoms with E-state index in [1.165, 1.54) is 5.69 Å². The monoisotopic (exact) mass is 579 g/mol. The third-order valence-corrected chi connectivity index (χ3v) is 8.02. The molecule has 2 aliphatic rings. The van der Waals surface area contributed by atoms with E-state index in [2.05, 4.69) is 44.4 Å². The smallest absolute Gasteiger partial charge is 0.242 e. The zero-order valence-corrected chi connectivity index (χ0v) is 23.8. The normalized spacial score (nSPS) is 16.0. The molecule has 2 fully saturated rings. The van der Waals surface area contributed by atoms with E-state index in [-0.39, 0.29) is 12.5 Å². The molecule has 208 valence electrons. The molecular formula is C29H31Cl2N7O2. The maximum absolute atomic E-state index is 13.3. The van der Waals surface area contributed by atoms with Crippen LogP contribution in [0.2, 0.25) is 10.0 Å². The lowest BCUT2D eigenvalue weighted by Crippen LogP contribution is -2.50. The van der Waals surface area contributed by atoms with Crippen LogP contribution in [0.15, 0.2) is 55.0 Å². The largest absolute Gasteiger partial charge is 0.378 e. The number of fused-ring (bicyclic) bond motifs is 1. The van der Waals surface area contributed by atoms with Gasteiger partial charge >= 0.3 is 0 Å². The van der Waals surface area contributed by atoms with Crippen molar-refractivity contribution in [1.29, 1.82) is 0 Å². The summed E-state index contributed by atoms with van der Waals surface area (Å²) in [5.74, 6) is 0.836. The molecule has 6 rings (SSSR count). The first kappa shape index (κ1) is 26.7. The molecule has 4 aromatic rings. The number of benzene rings is 1. The SMILES string of the molecule is Cc1ccc2nc(-c3ccc(N4CCOCC4)cc3)c(NCC(=O)N3CCN(c4c(Cl)cncc4Cl)CC3)n2c1. The van der Waals surface area contributed by atoms with E-state index in [9.17, 15) is 4.79 Å². The van der Waals surface area contributed by atoms with Crippen molar-refractivity contribution in [2.24, 2.45) is 0 Å². The number of piperazine rings is 1. The number of pyridine rings is 2. The van der Waals surface area contributed by atoms with E-state index >= 15 is 0 Å². The summed E-state index contributed by atoms with van der Waals surface area (Å²) in [5.41, 5.74) is 5.69. The van der Waals surface area contributed by atoms with Crippen LogP contribution in [0.3, 0.4) is 0 Å². The highest BCUT2D eigenvalue weighted by Crippen LogP contribution is 2.33. The number of ether oxygens (including phenoxy) is 1. The first-order chi connectivity index (χ1) is 19.5. The summed E-state index contributed by atoms with van der Waals surface area (Å²) in [6.45, 7) is 7.93. The third-order valence-electron chi connectivity index (χ3n) is 7.47. The van der Waals surface area contributed by atoms with Gasteiger partial charge in [0.1, 0.15) is 17.2 Å². The number of imidazole rings is 1. The van der Waals surface area contributed by atoms with E-state index in [4.69, 9.17) is 32.9 Å². The fourth-order valence-corrected chi connectivity index (χ4v) is 5.93. The Kier molecular flexibility index (Phi) is 7.69. The van der Waals surface area contributed by atoms with Gasteiger partial charge in [0.05, 0.1) is 35.5 Å². The summed E-state index contributed by atoms with van der Waals surface area (Å²) in [5, 5.41) is 4.45. The summed E-state index contributed by atoms with van der Waals surface area (Å²) in [4.78, 5) is 28.5. The number of aryl methyl sites for hydroxylation is 1. The molecule has 0 unspecified atom stereocenters. The second-order valence-electron chi connectivity index (χ2n) is 10.1. The van der Waals surface area contributed by atoms with Gasteiger partial charge in [0, 0.05) is 69.1 Å². The quantitative estimate of drug-likeness (QED) is 0.357. The Bertz CT molecular complexity index is 1490. The summed E-state index contributed by atoms with van der Waals surface area (Å²) < 4.78 is 7.52. The van der Waals surface area contributed by atoms with Crippen LogP contribution in [0.1, 0.15) is 5.56 Å². The Morgan fingerprint density at radius 1 is 0.925 bits per heavy atom. The number of hydrogen-bond donors (Lipinski definition) is 1. The minimum atomic E-state index is 0.0304. The maximum atomic E-state index is 13.3. The minimum Gasteiger partial charge on any atom is -0.378 e. The molecule has 0 bridgehead atoms. The molecule has 0 radical (unpaired) electrons. The Morgan fingerprint density at radius 3 is 2.33 bits per heavy atom. The molecule has 2 saturated heterocycles. The van der Waals surface area contributed by atoms with Gasteiger partial charge in [-0.25, -0.2) is 4.98 Å². The van der Waals surface area contributed by atoms with Crippen LogP contribution < -0.4 is 15.1 Å². The Hall–Kier alpha value is -3.53. The molecule has 3 aromatic heterocycles. The molecule has 0 atom stereocenters. The van der Waals surface area contributed by atoms with Gasteiger partial charge < -0.3 is 24.8 Å². The topological polar surface area (TPSA) is 78.2 Å². The number of anilines is 3. The lowest BCUT2D eigenvalue weighted by molar-refractivity contribution is -0.129. The van der Waals surface area contributed by atoms with E-state index in [1.54, 1.807) is 12.4 Å². The van der Waals surface area contributed by atoms with Crippen molar-refractivity contribution in [3.05, 3.63) is 70.6 Å². The van der Waals surface area contributed by atoms with Crippen molar-refractivity contribution >= 4 is 51.9 Å². The summed E-state index contributed by atoms with van der Waals surface area (Å²) >= 11 is 12.7. The Morgan fingerprint density at radius 2 is 1.62 bits per heavy atom. The highest BCUT2D eigenvalue weighted by molar-refractivity contribution is 6.38.